The first-order chi connectivity index (χ1) is 8.05. The van der Waals surface area contributed by atoms with Gasteiger partial charge in [0.2, 0.25) is 5.91 Å². The molecule has 0 saturated heterocycles. The van der Waals surface area contributed by atoms with Crippen LogP contribution in [0.5, 0.6) is 5.75 Å². The lowest BCUT2D eigenvalue weighted by atomic mass is 10.1. The van der Waals surface area contributed by atoms with Crippen LogP contribution in [0.25, 0.3) is 0 Å². The Labute approximate surface area is 113 Å². The van der Waals surface area contributed by atoms with Crippen molar-refractivity contribution in [1.29, 1.82) is 0 Å². The second-order valence-electron chi connectivity index (χ2n) is 4.65. The van der Waals surface area contributed by atoms with Crippen molar-refractivity contribution in [3.63, 3.8) is 0 Å². The van der Waals surface area contributed by atoms with Crippen LogP contribution >= 0.6 is 12.4 Å². The molecular formula is C13H19ClN2O2. The number of nitrogens with two attached hydrogens (primary N) is 1. The van der Waals surface area contributed by atoms with Crippen molar-refractivity contribution in [2.45, 2.75) is 31.8 Å². The first-order valence-corrected chi connectivity index (χ1v) is 5.76. The number of carbonyl (C=O) groups excluding carboxylic acids is 1. The SMILES string of the molecule is COc1cc(C)ccc1CNC(=O)C1(N)CC1.Cl. The third-order valence-electron chi connectivity index (χ3n) is 3.12. The van der Waals surface area contributed by atoms with Gasteiger partial charge in [-0.05, 0) is 31.4 Å². The third kappa shape index (κ3) is 3.15. The van der Waals surface area contributed by atoms with E-state index >= 15 is 0 Å². The molecule has 2 rings (SSSR count). The molecule has 0 heterocycles. The highest BCUT2D eigenvalue weighted by atomic mass is 35.5. The van der Waals surface area contributed by atoms with E-state index in [0.717, 1.165) is 29.7 Å². The summed E-state index contributed by atoms with van der Waals surface area (Å²) in [4.78, 5) is 11.7. The van der Waals surface area contributed by atoms with Crippen LogP contribution in [-0.2, 0) is 11.3 Å². The Hall–Kier alpha value is -1.26. The molecule has 0 spiro atoms. The zero-order valence-corrected chi connectivity index (χ0v) is 11.5. The molecule has 1 fully saturated rings. The molecule has 1 aromatic rings. The van der Waals surface area contributed by atoms with Crippen molar-refractivity contribution in [3.05, 3.63) is 29.3 Å². The summed E-state index contributed by atoms with van der Waals surface area (Å²) < 4.78 is 5.28. The molecule has 0 radical (unpaired) electrons. The molecule has 100 valence electrons. The number of hydrogen-bond donors (Lipinski definition) is 2. The fourth-order valence-corrected chi connectivity index (χ4v) is 1.71. The number of nitrogens with one attached hydrogen (secondary N) is 1. The summed E-state index contributed by atoms with van der Waals surface area (Å²) in [6.07, 6.45) is 1.56. The second kappa shape index (κ2) is 5.59. The minimum absolute atomic E-state index is 0. The molecule has 1 aromatic carbocycles. The van der Waals surface area contributed by atoms with Gasteiger partial charge in [-0.2, -0.15) is 0 Å². The van der Waals surface area contributed by atoms with Crippen LogP contribution < -0.4 is 15.8 Å². The van der Waals surface area contributed by atoms with Gasteiger partial charge in [0.05, 0.1) is 12.6 Å². The maximum absolute atomic E-state index is 11.7. The number of carbonyl (C=O) groups is 1. The van der Waals surface area contributed by atoms with E-state index in [2.05, 4.69) is 5.32 Å². The number of halogens is 1. The Bertz CT molecular complexity index is 445. The van der Waals surface area contributed by atoms with Crippen LogP contribution in [-0.4, -0.2) is 18.6 Å². The van der Waals surface area contributed by atoms with Gasteiger partial charge in [0.15, 0.2) is 0 Å². The molecule has 1 saturated carbocycles. The number of amides is 1. The van der Waals surface area contributed by atoms with Crippen LogP contribution in [0.1, 0.15) is 24.0 Å². The van der Waals surface area contributed by atoms with Gasteiger partial charge in [-0.3, -0.25) is 4.79 Å². The summed E-state index contributed by atoms with van der Waals surface area (Å²) in [5.41, 5.74) is 7.29. The van der Waals surface area contributed by atoms with Gasteiger partial charge < -0.3 is 15.8 Å². The molecule has 3 N–H and O–H groups in total. The van der Waals surface area contributed by atoms with E-state index in [1.165, 1.54) is 0 Å². The molecule has 0 unspecified atom stereocenters. The maximum Gasteiger partial charge on any atom is 0.240 e. The number of ether oxygens (including phenoxy) is 1. The van der Waals surface area contributed by atoms with Crippen molar-refractivity contribution in [2.24, 2.45) is 5.73 Å². The lowest BCUT2D eigenvalue weighted by molar-refractivity contribution is -0.123. The highest BCUT2D eigenvalue weighted by Gasteiger charge is 2.45. The van der Waals surface area contributed by atoms with E-state index in [1.807, 2.05) is 25.1 Å². The van der Waals surface area contributed by atoms with Gasteiger partial charge in [0.25, 0.3) is 0 Å². The normalized spacial score (nSPS) is 15.5. The molecule has 18 heavy (non-hydrogen) atoms. The first-order valence-electron chi connectivity index (χ1n) is 5.76. The van der Waals surface area contributed by atoms with E-state index in [9.17, 15) is 4.79 Å². The van der Waals surface area contributed by atoms with Gasteiger partial charge >= 0.3 is 0 Å². The van der Waals surface area contributed by atoms with Crippen LogP contribution in [0, 0.1) is 6.92 Å². The molecule has 0 aliphatic heterocycles. The van der Waals surface area contributed by atoms with E-state index < -0.39 is 5.54 Å². The standard InChI is InChI=1S/C13H18N2O2.ClH/c1-9-3-4-10(11(7-9)17-2)8-15-12(16)13(14)5-6-13;/h3-4,7H,5-6,8,14H2,1-2H3,(H,15,16);1H. The third-order valence-corrected chi connectivity index (χ3v) is 3.12. The summed E-state index contributed by atoms with van der Waals surface area (Å²) >= 11 is 0. The molecular weight excluding hydrogens is 252 g/mol. The zero-order chi connectivity index (χ0) is 12.5. The van der Waals surface area contributed by atoms with Crippen LogP contribution in [0.2, 0.25) is 0 Å². The first kappa shape index (κ1) is 14.8. The van der Waals surface area contributed by atoms with Crippen LogP contribution in [0.15, 0.2) is 18.2 Å². The van der Waals surface area contributed by atoms with E-state index in [4.69, 9.17) is 10.5 Å². The number of aryl methyl sites for hydroxylation is 1. The smallest absolute Gasteiger partial charge is 0.240 e. The monoisotopic (exact) mass is 270 g/mol. The molecule has 0 atom stereocenters. The summed E-state index contributed by atoms with van der Waals surface area (Å²) in [6, 6.07) is 5.92. The Morgan fingerprint density at radius 3 is 2.72 bits per heavy atom. The zero-order valence-electron chi connectivity index (χ0n) is 10.7. The summed E-state index contributed by atoms with van der Waals surface area (Å²) in [5, 5.41) is 2.85. The summed E-state index contributed by atoms with van der Waals surface area (Å²) in [5.74, 6) is 0.729. The predicted molar refractivity (Wildman–Crippen MR) is 73.0 cm³/mol. The Morgan fingerprint density at radius 1 is 1.50 bits per heavy atom. The fraction of sp³-hybridized carbons (Fsp3) is 0.462. The maximum atomic E-state index is 11.7. The lowest BCUT2D eigenvalue weighted by Gasteiger charge is -2.13. The molecule has 0 aromatic heterocycles. The van der Waals surface area contributed by atoms with E-state index in [1.54, 1.807) is 7.11 Å². The van der Waals surface area contributed by atoms with Gasteiger partial charge in [0, 0.05) is 12.1 Å². The molecule has 0 bridgehead atoms. The molecule has 1 aliphatic carbocycles. The van der Waals surface area contributed by atoms with E-state index in [-0.39, 0.29) is 18.3 Å². The van der Waals surface area contributed by atoms with Gasteiger partial charge in [-0.15, -0.1) is 12.4 Å². The summed E-state index contributed by atoms with van der Waals surface area (Å²) in [7, 11) is 1.63. The van der Waals surface area contributed by atoms with Gasteiger partial charge in [0.1, 0.15) is 5.75 Å². The van der Waals surface area contributed by atoms with Crippen LogP contribution in [0.3, 0.4) is 0 Å². The molecule has 4 nitrogen and oxygen atoms in total. The Kier molecular flexibility index (Phi) is 4.59. The average Bonchev–Trinajstić information content (AvgIpc) is 3.06. The molecule has 1 amide bonds. The largest absolute Gasteiger partial charge is 0.496 e. The number of hydrogen-bond acceptors (Lipinski definition) is 3. The predicted octanol–water partition coefficient (Wildman–Crippen LogP) is 1.53. The Morgan fingerprint density at radius 2 is 2.17 bits per heavy atom. The highest BCUT2D eigenvalue weighted by molar-refractivity contribution is 5.88. The van der Waals surface area contributed by atoms with Gasteiger partial charge in [-0.25, -0.2) is 0 Å². The van der Waals surface area contributed by atoms with Crippen molar-refractivity contribution >= 4 is 18.3 Å². The van der Waals surface area contributed by atoms with Gasteiger partial charge in [-0.1, -0.05) is 12.1 Å². The minimum Gasteiger partial charge on any atom is -0.496 e. The number of methoxy groups -OCH3 is 1. The fourth-order valence-electron chi connectivity index (χ4n) is 1.71. The van der Waals surface area contributed by atoms with Crippen molar-refractivity contribution in [3.8, 4) is 5.75 Å². The number of rotatable bonds is 4. The van der Waals surface area contributed by atoms with Crippen molar-refractivity contribution < 1.29 is 9.53 Å². The molecule has 5 heteroatoms. The quantitative estimate of drug-likeness (QED) is 0.872. The topological polar surface area (TPSA) is 64.3 Å². The van der Waals surface area contributed by atoms with E-state index in [0.29, 0.717) is 6.54 Å². The average molecular weight is 271 g/mol. The van der Waals surface area contributed by atoms with Crippen molar-refractivity contribution in [2.75, 3.05) is 7.11 Å². The second-order valence-corrected chi connectivity index (χ2v) is 4.65. The number of benzene rings is 1. The summed E-state index contributed by atoms with van der Waals surface area (Å²) in [6.45, 7) is 2.46. The highest BCUT2D eigenvalue weighted by Crippen LogP contribution is 2.32. The minimum atomic E-state index is -0.613. The Balaban J connectivity index is 0.00000162. The van der Waals surface area contributed by atoms with Crippen molar-refractivity contribution in [1.82, 2.24) is 5.32 Å². The lowest BCUT2D eigenvalue weighted by Crippen LogP contribution is -2.42. The van der Waals surface area contributed by atoms with Crippen LogP contribution in [0.4, 0.5) is 0 Å². The molecule has 1 aliphatic rings.